The fourth-order valence-corrected chi connectivity index (χ4v) is 9.52. The minimum atomic E-state index is 0.435. The van der Waals surface area contributed by atoms with Gasteiger partial charge in [-0.2, -0.15) is 0 Å². The maximum absolute atomic E-state index is 4.36. The Morgan fingerprint density at radius 2 is 1.59 bits per heavy atom. The normalized spacial score (nSPS) is 61.2. The molecule has 0 saturated heterocycles. The second kappa shape index (κ2) is 4.99. The van der Waals surface area contributed by atoms with Crippen molar-refractivity contribution in [3.05, 3.63) is 0 Å². The van der Waals surface area contributed by atoms with Gasteiger partial charge in [0.25, 0.3) is 0 Å². The van der Waals surface area contributed by atoms with Gasteiger partial charge in [-0.15, -0.1) is 0 Å². The molecule has 0 amide bonds. The standard InChI is InChI=1S/C21H35Br/c1-14-13-21(22)11-5-7-15(2)20(21,4)17-9-12-19(3)10-6-8-16(19)18(14)17/h14-18H,5-13H2,1-4H3/t14-,15-,16+,17+,18+,19+,20-,21-/m1/s1. The van der Waals surface area contributed by atoms with Crippen LogP contribution in [0.5, 0.6) is 0 Å². The lowest BCUT2D eigenvalue weighted by Gasteiger charge is -2.67. The smallest absolute Gasteiger partial charge is 0.0319 e. The Kier molecular flexibility index (Phi) is 3.63. The molecule has 4 aliphatic carbocycles. The minimum absolute atomic E-state index is 0.435. The van der Waals surface area contributed by atoms with E-state index in [1.54, 1.807) is 0 Å². The molecule has 4 aliphatic rings. The van der Waals surface area contributed by atoms with Crippen LogP contribution in [0.3, 0.4) is 0 Å². The highest BCUT2D eigenvalue weighted by Crippen LogP contribution is 2.71. The van der Waals surface area contributed by atoms with Crippen molar-refractivity contribution in [2.45, 2.75) is 89.8 Å². The summed E-state index contributed by atoms with van der Waals surface area (Å²) < 4.78 is 0.435. The van der Waals surface area contributed by atoms with Crippen LogP contribution in [0.15, 0.2) is 0 Å². The molecule has 0 aromatic rings. The summed E-state index contributed by atoms with van der Waals surface area (Å²) in [4.78, 5) is 0. The van der Waals surface area contributed by atoms with Crippen LogP contribution >= 0.6 is 15.9 Å². The zero-order chi connectivity index (χ0) is 15.8. The lowest BCUT2D eigenvalue weighted by molar-refractivity contribution is -0.134. The van der Waals surface area contributed by atoms with Crippen molar-refractivity contribution in [3.63, 3.8) is 0 Å². The molecular formula is C21H35Br. The molecule has 4 rings (SSSR count). The summed E-state index contributed by atoms with van der Waals surface area (Å²) in [6.45, 7) is 10.5. The molecule has 0 unspecified atom stereocenters. The molecule has 0 bridgehead atoms. The quantitative estimate of drug-likeness (QED) is 0.412. The van der Waals surface area contributed by atoms with Gasteiger partial charge in [-0.05, 0) is 78.9 Å². The molecule has 4 fully saturated rings. The topological polar surface area (TPSA) is 0 Å². The van der Waals surface area contributed by atoms with Crippen LogP contribution in [0, 0.1) is 40.4 Å². The van der Waals surface area contributed by atoms with E-state index < -0.39 is 0 Å². The van der Waals surface area contributed by atoms with Crippen molar-refractivity contribution in [2.24, 2.45) is 40.4 Å². The Hall–Kier alpha value is 0.480. The fourth-order valence-electron chi connectivity index (χ4n) is 8.04. The van der Waals surface area contributed by atoms with E-state index >= 15 is 0 Å². The Balaban J connectivity index is 1.76. The number of hydrogen-bond acceptors (Lipinski definition) is 0. The number of halogens is 1. The molecule has 126 valence electrons. The summed E-state index contributed by atoms with van der Waals surface area (Å²) >= 11 is 4.36. The Labute approximate surface area is 146 Å². The van der Waals surface area contributed by atoms with E-state index in [4.69, 9.17) is 0 Å². The average Bonchev–Trinajstić information content (AvgIpc) is 2.84. The van der Waals surface area contributed by atoms with E-state index in [2.05, 4.69) is 43.6 Å². The minimum Gasteiger partial charge on any atom is -0.0847 e. The van der Waals surface area contributed by atoms with Gasteiger partial charge in [0, 0.05) is 4.32 Å². The first-order valence-electron chi connectivity index (χ1n) is 10.0. The number of rotatable bonds is 0. The Morgan fingerprint density at radius 1 is 0.864 bits per heavy atom. The predicted molar refractivity (Wildman–Crippen MR) is 98.2 cm³/mol. The average molecular weight is 367 g/mol. The van der Waals surface area contributed by atoms with Crippen LogP contribution in [0.25, 0.3) is 0 Å². The van der Waals surface area contributed by atoms with E-state index in [9.17, 15) is 0 Å². The second-order valence-electron chi connectivity index (χ2n) is 10.1. The summed E-state index contributed by atoms with van der Waals surface area (Å²) in [7, 11) is 0. The number of fused-ring (bicyclic) bond motifs is 5. The molecule has 0 aliphatic heterocycles. The summed E-state index contributed by atoms with van der Waals surface area (Å²) in [5.74, 6) is 4.83. The van der Waals surface area contributed by atoms with Gasteiger partial charge in [-0.1, -0.05) is 62.9 Å². The molecule has 0 spiro atoms. The lowest BCUT2D eigenvalue weighted by Crippen LogP contribution is -2.63. The summed E-state index contributed by atoms with van der Waals surface area (Å²) in [5, 5.41) is 0. The molecule has 0 heterocycles. The van der Waals surface area contributed by atoms with Crippen LogP contribution in [0.1, 0.15) is 85.5 Å². The van der Waals surface area contributed by atoms with Crippen molar-refractivity contribution in [1.82, 2.24) is 0 Å². The zero-order valence-electron chi connectivity index (χ0n) is 15.1. The molecule has 4 saturated carbocycles. The maximum atomic E-state index is 4.36. The van der Waals surface area contributed by atoms with Crippen LogP contribution in [-0.2, 0) is 0 Å². The monoisotopic (exact) mass is 366 g/mol. The van der Waals surface area contributed by atoms with Crippen LogP contribution in [-0.4, -0.2) is 4.32 Å². The number of alkyl halides is 1. The highest BCUT2D eigenvalue weighted by molar-refractivity contribution is 9.10. The van der Waals surface area contributed by atoms with Gasteiger partial charge in [0.2, 0.25) is 0 Å². The first-order valence-corrected chi connectivity index (χ1v) is 10.8. The van der Waals surface area contributed by atoms with Crippen LogP contribution in [0.2, 0.25) is 0 Å². The molecule has 0 radical (unpaired) electrons. The van der Waals surface area contributed by atoms with E-state index in [1.807, 2.05) is 0 Å². The number of hydrogen-bond donors (Lipinski definition) is 0. The Bertz CT molecular complexity index is 459. The van der Waals surface area contributed by atoms with E-state index in [0.717, 1.165) is 29.6 Å². The first kappa shape index (κ1) is 16.0. The largest absolute Gasteiger partial charge is 0.0847 e. The molecule has 0 aromatic heterocycles. The van der Waals surface area contributed by atoms with Gasteiger partial charge in [-0.25, -0.2) is 0 Å². The van der Waals surface area contributed by atoms with E-state index in [0.29, 0.717) is 15.2 Å². The van der Waals surface area contributed by atoms with Crippen molar-refractivity contribution < 1.29 is 0 Å². The van der Waals surface area contributed by atoms with Gasteiger partial charge >= 0.3 is 0 Å². The third-order valence-corrected chi connectivity index (χ3v) is 11.0. The maximum Gasteiger partial charge on any atom is 0.0319 e. The van der Waals surface area contributed by atoms with Crippen molar-refractivity contribution >= 4 is 15.9 Å². The molecule has 22 heavy (non-hydrogen) atoms. The summed E-state index contributed by atoms with van der Waals surface area (Å²) in [5.41, 5.74) is 1.22. The highest BCUT2D eigenvalue weighted by atomic mass is 79.9. The van der Waals surface area contributed by atoms with Gasteiger partial charge in [0.1, 0.15) is 0 Å². The second-order valence-corrected chi connectivity index (χ2v) is 11.6. The molecule has 0 aromatic carbocycles. The van der Waals surface area contributed by atoms with Crippen molar-refractivity contribution in [1.29, 1.82) is 0 Å². The molecule has 1 heteroatoms. The van der Waals surface area contributed by atoms with E-state index in [1.165, 1.54) is 57.8 Å². The summed E-state index contributed by atoms with van der Waals surface area (Å²) in [6.07, 6.45) is 13.3. The lowest BCUT2D eigenvalue weighted by atomic mass is 9.41. The van der Waals surface area contributed by atoms with Crippen LogP contribution in [0.4, 0.5) is 0 Å². The molecule has 8 atom stereocenters. The SMILES string of the molecule is C[C@@H]1C[C@]2(Br)CCC[C@@H](C)[C@]2(C)[C@H]2CC[C@]3(C)CCC[C@H]3[C@H]12. The van der Waals surface area contributed by atoms with Crippen molar-refractivity contribution in [3.8, 4) is 0 Å². The molecular weight excluding hydrogens is 332 g/mol. The zero-order valence-corrected chi connectivity index (χ0v) is 16.7. The van der Waals surface area contributed by atoms with Crippen LogP contribution < -0.4 is 0 Å². The Morgan fingerprint density at radius 3 is 2.36 bits per heavy atom. The first-order chi connectivity index (χ1) is 10.3. The predicted octanol–water partition coefficient (Wildman–Crippen LogP) is 6.82. The van der Waals surface area contributed by atoms with Gasteiger partial charge in [0.15, 0.2) is 0 Å². The summed E-state index contributed by atoms with van der Waals surface area (Å²) in [6, 6.07) is 0. The van der Waals surface area contributed by atoms with E-state index in [-0.39, 0.29) is 0 Å². The third-order valence-electron chi connectivity index (χ3n) is 9.39. The van der Waals surface area contributed by atoms with Gasteiger partial charge < -0.3 is 0 Å². The molecule has 0 N–H and O–H groups in total. The molecule has 0 nitrogen and oxygen atoms in total. The third kappa shape index (κ3) is 1.87. The van der Waals surface area contributed by atoms with Gasteiger partial charge in [-0.3, -0.25) is 0 Å². The van der Waals surface area contributed by atoms with Gasteiger partial charge in [0.05, 0.1) is 0 Å². The van der Waals surface area contributed by atoms with Crippen molar-refractivity contribution in [2.75, 3.05) is 0 Å². The fraction of sp³-hybridized carbons (Fsp3) is 1.00. The highest BCUT2D eigenvalue weighted by Gasteiger charge is 2.65.